The third kappa shape index (κ3) is 2.61. The van der Waals surface area contributed by atoms with Crippen molar-refractivity contribution in [1.82, 2.24) is 4.98 Å². The zero-order valence-corrected chi connectivity index (χ0v) is 10.2. The number of carbonyl (C=O) groups excluding carboxylic acids is 1. The summed E-state index contributed by atoms with van der Waals surface area (Å²) in [5, 5.41) is 1.17. The van der Waals surface area contributed by atoms with Gasteiger partial charge in [0.05, 0.1) is 5.52 Å². The zero-order valence-electron chi connectivity index (χ0n) is 10.2. The van der Waals surface area contributed by atoms with Gasteiger partial charge in [-0.1, -0.05) is 12.1 Å². The number of benzene rings is 1. The number of aromatic nitrogens is 1. The fraction of sp³-hybridized carbons (Fsp3) is 0.286. The molecular weight excluding hydrogens is 212 g/mol. The van der Waals surface area contributed by atoms with Crippen molar-refractivity contribution in [3.05, 3.63) is 41.1 Å². The largest absolute Gasteiger partial charge is 0.370 e. The highest BCUT2D eigenvalue weighted by Crippen LogP contribution is 2.19. The van der Waals surface area contributed by atoms with E-state index in [0.29, 0.717) is 12.8 Å². The quantitative estimate of drug-likeness (QED) is 0.876. The molecule has 2 N–H and O–H groups in total. The molecule has 17 heavy (non-hydrogen) atoms. The normalized spacial score (nSPS) is 10.7. The smallest absolute Gasteiger partial charge is 0.217 e. The molecule has 1 aromatic carbocycles. The number of aryl methyl sites for hydroxylation is 3. The zero-order chi connectivity index (χ0) is 12.4. The molecule has 0 aliphatic carbocycles. The number of carbonyl (C=O) groups is 1. The topological polar surface area (TPSA) is 56.0 Å². The van der Waals surface area contributed by atoms with E-state index >= 15 is 0 Å². The number of hydrogen-bond acceptors (Lipinski definition) is 2. The van der Waals surface area contributed by atoms with Gasteiger partial charge in [0.2, 0.25) is 5.91 Å². The minimum atomic E-state index is -0.265. The summed E-state index contributed by atoms with van der Waals surface area (Å²) >= 11 is 0. The Hall–Kier alpha value is -1.90. The Morgan fingerprint density at radius 3 is 2.76 bits per heavy atom. The van der Waals surface area contributed by atoms with Gasteiger partial charge in [-0.25, -0.2) is 0 Å². The van der Waals surface area contributed by atoms with Gasteiger partial charge in [0.1, 0.15) is 0 Å². The molecular formula is C14H16N2O. The van der Waals surface area contributed by atoms with Crippen molar-refractivity contribution in [2.24, 2.45) is 5.73 Å². The molecule has 0 saturated carbocycles. The van der Waals surface area contributed by atoms with Gasteiger partial charge in [0.25, 0.3) is 0 Å². The maximum atomic E-state index is 10.8. The summed E-state index contributed by atoms with van der Waals surface area (Å²) in [4.78, 5) is 15.3. The van der Waals surface area contributed by atoms with Crippen LogP contribution in [0.25, 0.3) is 10.9 Å². The molecule has 0 fully saturated rings. The molecule has 3 nitrogen and oxygen atoms in total. The van der Waals surface area contributed by atoms with Gasteiger partial charge in [-0.3, -0.25) is 9.78 Å². The number of amides is 1. The van der Waals surface area contributed by atoms with E-state index in [1.165, 1.54) is 10.9 Å². The lowest BCUT2D eigenvalue weighted by molar-refractivity contribution is -0.117. The summed E-state index contributed by atoms with van der Waals surface area (Å²) in [5.74, 6) is -0.265. The van der Waals surface area contributed by atoms with Crippen molar-refractivity contribution in [2.75, 3.05) is 0 Å². The van der Waals surface area contributed by atoms with E-state index < -0.39 is 0 Å². The lowest BCUT2D eigenvalue weighted by Gasteiger charge is -2.06. The molecule has 1 amide bonds. The predicted octanol–water partition coefficient (Wildman–Crippen LogP) is 2.27. The molecule has 1 aromatic heterocycles. The summed E-state index contributed by atoms with van der Waals surface area (Å²) in [6, 6.07) is 8.21. The Balaban J connectivity index is 2.39. The summed E-state index contributed by atoms with van der Waals surface area (Å²) in [6.45, 7) is 4.07. The SMILES string of the molecule is Cc1cc(C)c2ccc(CCC(N)=O)cc2n1. The van der Waals surface area contributed by atoms with E-state index in [1.807, 2.05) is 19.1 Å². The number of fused-ring (bicyclic) bond motifs is 1. The number of primary amides is 1. The summed E-state index contributed by atoms with van der Waals surface area (Å²) in [7, 11) is 0. The first kappa shape index (κ1) is 11.6. The Kier molecular flexibility index (Phi) is 3.09. The van der Waals surface area contributed by atoms with E-state index in [-0.39, 0.29) is 5.91 Å². The van der Waals surface area contributed by atoms with E-state index in [4.69, 9.17) is 5.73 Å². The van der Waals surface area contributed by atoms with E-state index in [0.717, 1.165) is 16.8 Å². The van der Waals surface area contributed by atoms with Crippen LogP contribution in [0.2, 0.25) is 0 Å². The van der Waals surface area contributed by atoms with Gasteiger partial charge >= 0.3 is 0 Å². The summed E-state index contributed by atoms with van der Waals surface area (Å²) < 4.78 is 0. The molecule has 3 heteroatoms. The fourth-order valence-corrected chi connectivity index (χ4v) is 2.04. The highest BCUT2D eigenvalue weighted by molar-refractivity contribution is 5.83. The Bertz CT molecular complexity index is 576. The Morgan fingerprint density at radius 2 is 2.06 bits per heavy atom. The van der Waals surface area contributed by atoms with Crippen molar-refractivity contribution in [3.63, 3.8) is 0 Å². The minimum Gasteiger partial charge on any atom is -0.370 e. The third-order valence-corrected chi connectivity index (χ3v) is 2.87. The standard InChI is InChI=1S/C14H16N2O/c1-9-7-10(2)16-13-8-11(3-5-12(9)13)4-6-14(15)17/h3,5,7-8H,4,6H2,1-2H3,(H2,15,17). The van der Waals surface area contributed by atoms with Gasteiger partial charge in [-0.2, -0.15) is 0 Å². The van der Waals surface area contributed by atoms with Crippen molar-refractivity contribution >= 4 is 16.8 Å². The highest BCUT2D eigenvalue weighted by Gasteiger charge is 2.03. The van der Waals surface area contributed by atoms with Gasteiger partial charge in [0, 0.05) is 17.5 Å². The van der Waals surface area contributed by atoms with E-state index in [9.17, 15) is 4.79 Å². The molecule has 0 atom stereocenters. The molecule has 2 rings (SSSR count). The molecule has 0 unspecified atom stereocenters. The first-order valence-corrected chi connectivity index (χ1v) is 5.71. The van der Waals surface area contributed by atoms with Crippen LogP contribution in [0, 0.1) is 13.8 Å². The maximum Gasteiger partial charge on any atom is 0.217 e. The van der Waals surface area contributed by atoms with Crippen molar-refractivity contribution < 1.29 is 4.79 Å². The number of hydrogen-bond donors (Lipinski definition) is 1. The Morgan fingerprint density at radius 1 is 1.29 bits per heavy atom. The molecule has 0 saturated heterocycles. The van der Waals surface area contributed by atoms with Gasteiger partial charge in [-0.15, -0.1) is 0 Å². The third-order valence-electron chi connectivity index (χ3n) is 2.87. The van der Waals surface area contributed by atoms with Crippen LogP contribution < -0.4 is 5.73 Å². The van der Waals surface area contributed by atoms with Crippen LogP contribution in [0.1, 0.15) is 23.2 Å². The van der Waals surface area contributed by atoms with Gasteiger partial charge in [-0.05, 0) is 43.5 Å². The first-order valence-electron chi connectivity index (χ1n) is 5.71. The lowest BCUT2D eigenvalue weighted by Crippen LogP contribution is -2.11. The average molecular weight is 228 g/mol. The Labute approximate surface area is 101 Å². The molecule has 1 heterocycles. The van der Waals surface area contributed by atoms with Crippen LogP contribution in [-0.2, 0) is 11.2 Å². The number of nitrogens with zero attached hydrogens (tertiary/aromatic N) is 1. The van der Waals surface area contributed by atoms with E-state index in [2.05, 4.69) is 24.0 Å². The number of nitrogens with two attached hydrogens (primary N) is 1. The van der Waals surface area contributed by atoms with Crippen molar-refractivity contribution in [3.8, 4) is 0 Å². The van der Waals surface area contributed by atoms with Crippen LogP contribution in [-0.4, -0.2) is 10.9 Å². The molecule has 0 radical (unpaired) electrons. The lowest BCUT2D eigenvalue weighted by atomic mass is 10.0. The van der Waals surface area contributed by atoms with Crippen molar-refractivity contribution in [1.29, 1.82) is 0 Å². The van der Waals surface area contributed by atoms with E-state index in [1.54, 1.807) is 0 Å². The molecule has 0 aliphatic heterocycles. The molecule has 0 bridgehead atoms. The molecule has 0 spiro atoms. The minimum absolute atomic E-state index is 0.265. The number of rotatable bonds is 3. The number of pyridine rings is 1. The van der Waals surface area contributed by atoms with Crippen LogP contribution >= 0.6 is 0 Å². The monoisotopic (exact) mass is 228 g/mol. The summed E-state index contributed by atoms with van der Waals surface area (Å²) in [5.41, 5.74) is 9.49. The second-order valence-corrected chi connectivity index (χ2v) is 4.40. The maximum absolute atomic E-state index is 10.8. The molecule has 0 aliphatic rings. The van der Waals surface area contributed by atoms with Gasteiger partial charge in [0.15, 0.2) is 0 Å². The summed E-state index contributed by atoms with van der Waals surface area (Å²) in [6.07, 6.45) is 1.07. The second-order valence-electron chi connectivity index (χ2n) is 4.40. The fourth-order valence-electron chi connectivity index (χ4n) is 2.04. The molecule has 2 aromatic rings. The van der Waals surface area contributed by atoms with Crippen LogP contribution in [0.3, 0.4) is 0 Å². The van der Waals surface area contributed by atoms with Crippen LogP contribution in [0.5, 0.6) is 0 Å². The predicted molar refractivity (Wildman–Crippen MR) is 68.7 cm³/mol. The second kappa shape index (κ2) is 4.53. The van der Waals surface area contributed by atoms with Crippen molar-refractivity contribution in [2.45, 2.75) is 26.7 Å². The van der Waals surface area contributed by atoms with Crippen LogP contribution in [0.15, 0.2) is 24.3 Å². The first-order chi connectivity index (χ1) is 8.06. The van der Waals surface area contributed by atoms with Gasteiger partial charge < -0.3 is 5.73 Å². The molecule has 88 valence electrons. The van der Waals surface area contributed by atoms with Crippen LogP contribution in [0.4, 0.5) is 0 Å². The average Bonchev–Trinajstić information content (AvgIpc) is 2.25. The highest BCUT2D eigenvalue weighted by atomic mass is 16.1.